The van der Waals surface area contributed by atoms with Crippen LogP contribution in [0.1, 0.15) is 12.6 Å². The van der Waals surface area contributed by atoms with Crippen LogP contribution in [0.2, 0.25) is 0 Å². The van der Waals surface area contributed by atoms with Crippen molar-refractivity contribution in [2.75, 3.05) is 5.32 Å². The first-order valence-corrected chi connectivity index (χ1v) is 3.67. The third-order valence-corrected chi connectivity index (χ3v) is 1.50. The largest absolute Gasteiger partial charge is 0.322 e. The Bertz CT molecular complexity index is 279. The number of H-pyrrole nitrogens is 1. The van der Waals surface area contributed by atoms with Gasteiger partial charge in [0.25, 0.3) is 0 Å². The molecule has 1 aromatic heterocycles. The summed E-state index contributed by atoms with van der Waals surface area (Å²) in [6.07, 6.45) is 1.55. The molecule has 0 aliphatic rings. The summed E-state index contributed by atoms with van der Waals surface area (Å²) in [6.45, 7) is 3.45. The van der Waals surface area contributed by atoms with Crippen molar-refractivity contribution in [2.45, 2.75) is 19.9 Å². The normalized spacial score (nSPS) is 12.6. The monoisotopic (exact) mass is 168 g/mol. The van der Waals surface area contributed by atoms with Crippen LogP contribution >= 0.6 is 0 Å². The van der Waals surface area contributed by atoms with Gasteiger partial charge < -0.3 is 11.1 Å². The van der Waals surface area contributed by atoms with E-state index in [9.17, 15) is 4.79 Å². The first kappa shape index (κ1) is 8.73. The van der Waals surface area contributed by atoms with E-state index in [1.165, 1.54) is 0 Å². The molecule has 0 aliphatic heterocycles. The third kappa shape index (κ3) is 1.82. The lowest BCUT2D eigenvalue weighted by Gasteiger charge is -2.05. The Balaban J connectivity index is 2.64. The third-order valence-electron chi connectivity index (χ3n) is 1.50. The number of nitrogens with two attached hydrogens (primary N) is 1. The summed E-state index contributed by atoms with van der Waals surface area (Å²) in [7, 11) is 0. The minimum absolute atomic E-state index is 0.209. The zero-order chi connectivity index (χ0) is 9.14. The van der Waals surface area contributed by atoms with Crippen molar-refractivity contribution in [3.8, 4) is 0 Å². The van der Waals surface area contributed by atoms with Gasteiger partial charge in [-0.15, -0.1) is 0 Å². The number of hydrogen-bond acceptors (Lipinski definition) is 3. The number of rotatable bonds is 2. The molecule has 0 spiro atoms. The number of aromatic amines is 1. The highest BCUT2D eigenvalue weighted by atomic mass is 16.2. The van der Waals surface area contributed by atoms with Gasteiger partial charge in [0, 0.05) is 0 Å². The number of nitrogens with zero attached hydrogens (tertiary/aromatic N) is 1. The molecule has 4 N–H and O–H groups in total. The van der Waals surface area contributed by atoms with Gasteiger partial charge in [0.1, 0.15) is 0 Å². The smallest absolute Gasteiger partial charge is 0.241 e. The molecule has 1 rings (SSSR count). The Morgan fingerprint density at radius 2 is 2.50 bits per heavy atom. The molecule has 5 heteroatoms. The van der Waals surface area contributed by atoms with Crippen molar-refractivity contribution < 1.29 is 4.79 Å². The van der Waals surface area contributed by atoms with Gasteiger partial charge in [0.05, 0.1) is 23.6 Å². The van der Waals surface area contributed by atoms with Gasteiger partial charge >= 0.3 is 0 Å². The first-order chi connectivity index (χ1) is 5.61. The molecule has 1 aromatic rings. The molecule has 5 nitrogen and oxygen atoms in total. The Kier molecular flexibility index (Phi) is 2.44. The second-order valence-electron chi connectivity index (χ2n) is 2.69. The highest BCUT2D eigenvalue weighted by Crippen LogP contribution is 2.08. The highest BCUT2D eigenvalue weighted by molar-refractivity contribution is 5.94. The first-order valence-electron chi connectivity index (χ1n) is 3.67. The van der Waals surface area contributed by atoms with Crippen LogP contribution in [0.5, 0.6) is 0 Å². The zero-order valence-electron chi connectivity index (χ0n) is 7.09. The maximum atomic E-state index is 11.1. The van der Waals surface area contributed by atoms with E-state index >= 15 is 0 Å². The number of hydrogen-bond donors (Lipinski definition) is 3. The van der Waals surface area contributed by atoms with Gasteiger partial charge in [0.2, 0.25) is 5.91 Å². The molecule has 0 saturated heterocycles. The van der Waals surface area contributed by atoms with Gasteiger partial charge in [0.15, 0.2) is 0 Å². The van der Waals surface area contributed by atoms with E-state index in [4.69, 9.17) is 5.73 Å². The Morgan fingerprint density at radius 1 is 1.83 bits per heavy atom. The van der Waals surface area contributed by atoms with Gasteiger partial charge in [-0.25, -0.2) is 0 Å². The van der Waals surface area contributed by atoms with Crippen molar-refractivity contribution >= 4 is 11.6 Å². The molecule has 0 unspecified atom stereocenters. The number of nitrogens with one attached hydrogen (secondary N) is 2. The molecule has 0 aliphatic carbocycles. The van der Waals surface area contributed by atoms with Crippen molar-refractivity contribution in [1.82, 2.24) is 10.2 Å². The lowest BCUT2D eigenvalue weighted by Crippen LogP contribution is -2.32. The molecule has 0 bridgehead atoms. The predicted molar refractivity (Wildman–Crippen MR) is 45.6 cm³/mol. The summed E-state index contributed by atoms with van der Waals surface area (Å²) in [5.74, 6) is -0.209. The molecule has 12 heavy (non-hydrogen) atoms. The molecule has 1 heterocycles. The van der Waals surface area contributed by atoms with Crippen molar-refractivity contribution in [1.29, 1.82) is 0 Å². The number of carbonyl (C=O) groups is 1. The van der Waals surface area contributed by atoms with E-state index in [-0.39, 0.29) is 5.91 Å². The average Bonchev–Trinajstić information content (AvgIpc) is 2.36. The van der Waals surface area contributed by atoms with E-state index in [1.54, 1.807) is 13.1 Å². The molecule has 1 atom stereocenters. The average molecular weight is 168 g/mol. The van der Waals surface area contributed by atoms with Crippen LogP contribution < -0.4 is 11.1 Å². The molecule has 0 fully saturated rings. The maximum absolute atomic E-state index is 11.1. The van der Waals surface area contributed by atoms with E-state index in [2.05, 4.69) is 15.5 Å². The Morgan fingerprint density at radius 3 is 2.92 bits per heavy atom. The van der Waals surface area contributed by atoms with Crippen molar-refractivity contribution in [3.05, 3.63) is 11.9 Å². The summed E-state index contributed by atoms with van der Waals surface area (Å²) in [5, 5.41) is 9.09. The number of aryl methyl sites for hydroxylation is 1. The lowest BCUT2D eigenvalue weighted by molar-refractivity contribution is -0.117. The van der Waals surface area contributed by atoms with Gasteiger partial charge in [-0.2, -0.15) is 5.10 Å². The van der Waals surface area contributed by atoms with E-state index in [0.29, 0.717) is 5.69 Å². The van der Waals surface area contributed by atoms with Crippen LogP contribution in [0.4, 0.5) is 5.69 Å². The summed E-state index contributed by atoms with van der Waals surface area (Å²) in [5.41, 5.74) is 6.86. The summed E-state index contributed by atoms with van der Waals surface area (Å²) < 4.78 is 0. The fourth-order valence-corrected chi connectivity index (χ4v) is 0.723. The van der Waals surface area contributed by atoms with Crippen LogP contribution in [0.15, 0.2) is 6.20 Å². The minimum Gasteiger partial charge on any atom is -0.322 e. The molecule has 0 aromatic carbocycles. The quantitative estimate of drug-likeness (QED) is 0.581. The fourth-order valence-electron chi connectivity index (χ4n) is 0.723. The maximum Gasteiger partial charge on any atom is 0.241 e. The Labute approximate surface area is 70.3 Å². The van der Waals surface area contributed by atoms with Gasteiger partial charge in [-0.05, 0) is 13.8 Å². The second-order valence-corrected chi connectivity index (χ2v) is 2.69. The SMILES string of the molecule is Cc1[nH]ncc1NC(=O)[C@H](C)N. The van der Waals surface area contributed by atoms with Crippen LogP contribution in [0.25, 0.3) is 0 Å². The molecular weight excluding hydrogens is 156 g/mol. The van der Waals surface area contributed by atoms with Crippen LogP contribution in [0, 0.1) is 6.92 Å². The number of carbonyl (C=O) groups excluding carboxylic acids is 1. The van der Waals surface area contributed by atoms with Gasteiger partial charge in [-0.3, -0.25) is 9.89 Å². The zero-order valence-corrected chi connectivity index (χ0v) is 7.09. The summed E-state index contributed by atoms with van der Waals surface area (Å²) in [4.78, 5) is 11.1. The van der Waals surface area contributed by atoms with Crippen LogP contribution in [-0.2, 0) is 4.79 Å². The lowest BCUT2D eigenvalue weighted by atomic mass is 10.3. The summed E-state index contributed by atoms with van der Waals surface area (Å²) in [6, 6.07) is -0.501. The molecule has 1 amide bonds. The highest BCUT2D eigenvalue weighted by Gasteiger charge is 2.09. The number of anilines is 1. The predicted octanol–water partition coefficient (Wildman–Crippen LogP) is 0.00382. The van der Waals surface area contributed by atoms with E-state index in [1.807, 2.05) is 6.92 Å². The number of aromatic nitrogens is 2. The van der Waals surface area contributed by atoms with Crippen molar-refractivity contribution in [2.24, 2.45) is 5.73 Å². The summed E-state index contributed by atoms with van der Waals surface area (Å²) >= 11 is 0. The minimum atomic E-state index is -0.501. The topological polar surface area (TPSA) is 83.8 Å². The Hall–Kier alpha value is -1.36. The molecule has 66 valence electrons. The van der Waals surface area contributed by atoms with E-state index in [0.717, 1.165) is 5.69 Å². The van der Waals surface area contributed by atoms with Crippen LogP contribution in [-0.4, -0.2) is 22.1 Å². The fraction of sp³-hybridized carbons (Fsp3) is 0.429. The van der Waals surface area contributed by atoms with Crippen LogP contribution in [0.3, 0.4) is 0 Å². The number of amides is 1. The molecular formula is C7H12N4O. The standard InChI is InChI=1S/C7H12N4O/c1-4(8)7(12)10-6-3-9-11-5(6)2/h3-4H,8H2,1-2H3,(H,9,11)(H,10,12)/t4-/m0/s1. The van der Waals surface area contributed by atoms with Gasteiger partial charge in [-0.1, -0.05) is 0 Å². The molecule has 0 radical (unpaired) electrons. The van der Waals surface area contributed by atoms with E-state index < -0.39 is 6.04 Å². The second kappa shape index (κ2) is 3.36. The molecule has 0 saturated carbocycles. The van der Waals surface area contributed by atoms with Crippen molar-refractivity contribution in [3.63, 3.8) is 0 Å².